The van der Waals surface area contributed by atoms with E-state index < -0.39 is 6.03 Å². The fourth-order valence-corrected chi connectivity index (χ4v) is 4.72. The monoisotopic (exact) mass is 412 g/mol. The highest BCUT2D eigenvalue weighted by molar-refractivity contribution is 5.83. The molecule has 7 heteroatoms. The number of hydrogen-bond donors (Lipinski definition) is 2. The van der Waals surface area contributed by atoms with E-state index in [4.69, 9.17) is 5.73 Å². The number of nitrogens with one attached hydrogen (secondary N) is 1. The van der Waals surface area contributed by atoms with Gasteiger partial charge in [0.25, 0.3) is 0 Å². The van der Waals surface area contributed by atoms with Crippen molar-refractivity contribution < 1.29 is 14.4 Å². The Balaban J connectivity index is 1.78. The molecule has 2 fully saturated rings. The van der Waals surface area contributed by atoms with Crippen molar-refractivity contribution in [3.8, 4) is 0 Å². The molecule has 1 aromatic rings. The Bertz CT molecular complexity index is 847. The average molecular weight is 413 g/mol. The first-order valence-corrected chi connectivity index (χ1v) is 10.6. The molecule has 7 nitrogen and oxygen atoms in total. The lowest BCUT2D eigenvalue weighted by molar-refractivity contribution is -0.133. The molecular weight excluding hydrogens is 380 g/mol. The van der Waals surface area contributed by atoms with Gasteiger partial charge in [0.2, 0.25) is 11.8 Å². The van der Waals surface area contributed by atoms with E-state index in [9.17, 15) is 14.4 Å². The van der Waals surface area contributed by atoms with Crippen LogP contribution in [0.3, 0.4) is 0 Å². The summed E-state index contributed by atoms with van der Waals surface area (Å²) in [5.41, 5.74) is 8.62. The summed E-state index contributed by atoms with van der Waals surface area (Å²) >= 11 is 0. The fraction of sp³-hybridized carbons (Fsp3) is 0.522. The minimum absolute atomic E-state index is 0.0303. The maximum Gasteiger partial charge on any atom is 0.312 e. The summed E-state index contributed by atoms with van der Waals surface area (Å²) in [4.78, 5) is 40.3. The molecule has 1 aromatic carbocycles. The number of rotatable bonds is 6. The van der Waals surface area contributed by atoms with Crippen LogP contribution in [0.5, 0.6) is 0 Å². The third kappa shape index (κ3) is 4.83. The quantitative estimate of drug-likeness (QED) is 0.702. The summed E-state index contributed by atoms with van der Waals surface area (Å²) in [5, 5.41) is 2.38. The summed E-state index contributed by atoms with van der Waals surface area (Å²) < 4.78 is 0. The number of urea groups is 1. The van der Waals surface area contributed by atoms with E-state index >= 15 is 0 Å². The Morgan fingerprint density at radius 1 is 1.13 bits per heavy atom. The predicted octanol–water partition coefficient (Wildman–Crippen LogP) is 2.37. The van der Waals surface area contributed by atoms with Crippen LogP contribution in [0.15, 0.2) is 35.9 Å². The third-order valence-corrected chi connectivity index (χ3v) is 6.17. The van der Waals surface area contributed by atoms with Crippen LogP contribution in [-0.4, -0.2) is 53.8 Å². The first-order chi connectivity index (χ1) is 14.3. The number of carbonyl (C=O) groups is 3. The SMILES string of the molecule is CC(C)=CCCC(=O)N1C[C@@H]2CN(C(=O)CNC(N)=O)C[C@@H]2[C@H]1c1ccccc1C. The molecule has 2 aliphatic heterocycles. The van der Waals surface area contributed by atoms with E-state index in [0.717, 1.165) is 17.5 Å². The van der Waals surface area contributed by atoms with Crippen molar-refractivity contribution in [1.82, 2.24) is 15.1 Å². The second-order valence-corrected chi connectivity index (χ2v) is 8.61. The first kappa shape index (κ1) is 21.9. The summed E-state index contributed by atoms with van der Waals surface area (Å²) in [5.74, 6) is 0.465. The number of amides is 4. The number of primary amides is 1. The summed E-state index contributed by atoms with van der Waals surface area (Å²) in [6.45, 7) is 7.91. The Hall–Kier alpha value is -2.83. The van der Waals surface area contributed by atoms with Gasteiger partial charge in [-0.15, -0.1) is 0 Å². The van der Waals surface area contributed by atoms with Crippen LogP contribution in [0.4, 0.5) is 4.79 Å². The Morgan fingerprint density at radius 2 is 1.87 bits per heavy atom. The highest BCUT2D eigenvalue weighted by atomic mass is 16.2. The summed E-state index contributed by atoms with van der Waals surface area (Å²) in [6.07, 6.45) is 3.35. The minimum atomic E-state index is -0.700. The van der Waals surface area contributed by atoms with Gasteiger partial charge in [-0.05, 0) is 38.3 Å². The molecule has 0 spiro atoms. The molecule has 4 amide bonds. The average Bonchev–Trinajstić information content (AvgIpc) is 3.24. The molecule has 162 valence electrons. The number of nitrogens with two attached hydrogens (primary N) is 1. The lowest BCUT2D eigenvalue weighted by atomic mass is 9.87. The van der Waals surface area contributed by atoms with Gasteiger partial charge < -0.3 is 20.9 Å². The molecule has 0 aromatic heterocycles. The maximum atomic E-state index is 13.1. The second kappa shape index (κ2) is 9.32. The van der Waals surface area contributed by atoms with Gasteiger partial charge in [-0.25, -0.2) is 4.79 Å². The van der Waals surface area contributed by atoms with E-state index in [1.807, 2.05) is 30.9 Å². The summed E-state index contributed by atoms with van der Waals surface area (Å²) in [7, 11) is 0. The van der Waals surface area contributed by atoms with Crippen LogP contribution in [0.1, 0.15) is 43.9 Å². The van der Waals surface area contributed by atoms with Crippen LogP contribution in [-0.2, 0) is 9.59 Å². The molecule has 3 rings (SSSR count). The summed E-state index contributed by atoms with van der Waals surface area (Å²) in [6, 6.07) is 7.45. The van der Waals surface area contributed by atoms with Crippen LogP contribution in [0.25, 0.3) is 0 Å². The van der Waals surface area contributed by atoms with E-state index in [1.165, 1.54) is 5.57 Å². The molecule has 3 N–H and O–H groups in total. The van der Waals surface area contributed by atoms with Gasteiger partial charge in [-0.3, -0.25) is 9.59 Å². The topological polar surface area (TPSA) is 95.7 Å². The number of hydrogen-bond acceptors (Lipinski definition) is 3. The number of nitrogens with zero attached hydrogens (tertiary/aromatic N) is 2. The number of fused-ring (bicyclic) bond motifs is 1. The molecule has 0 aliphatic carbocycles. The van der Waals surface area contributed by atoms with Gasteiger partial charge in [-0.2, -0.15) is 0 Å². The van der Waals surface area contributed by atoms with Crippen LogP contribution < -0.4 is 11.1 Å². The highest BCUT2D eigenvalue weighted by Crippen LogP contribution is 2.46. The van der Waals surface area contributed by atoms with Crippen molar-refractivity contribution in [2.75, 3.05) is 26.2 Å². The molecule has 2 saturated heterocycles. The Kier molecular flexibility index (Phi) is 6.80. The van der Waals surface area contributed by atoms with E-state index in [0.29, 0.717) is 26.1 Å². The zero-order chi connectivity index (χ0) is 21.8. The highest BCUT2D eigenvalue weighted by Gasteiger charge is 2.50. The van der Waals surface area contributed by atoms with Crippen molar-refractivity contribution in [1.29, 1.82) is 0 Å². The molecule has 0 radical (unpaired) electrons. The van der Waals surface area contributed by atoms with Crippen molar-refractivity contribution in [2.45, 2.75) is 39.7 Å². The fourth-order valence-electron chi connectivity index (χ4n) is 4.72. The molecule has 0 saturated carbocycles. The Labute approximate surface area is 178 Å². The molecule has 0 unspecified atom stereocenters. The van der Waals surface area contributed by atoms with Crippen LogP contribution >= 0.6 is 0 Å². The number of carbonyl (C=O) groups excluding carboxylic acids is 3. The van der Waals surface area contributed by atoms with Crippen LogP contribution in [0.2, 0.25) is 0 Å². The lowest BCUT2D eigenvalue weighted by Gasteiger charge is -2.31. The van der Waals surface area contributed by atoms with Gasteiger partial charge in [0, 0.05) is 37.9 Å². The molecule has 30 heavy (non-hydrogen) atoms. The van der Waals surface area contributed by atoms with Crippen molar-refractivity contribution in [3.63, 3.8) is 0 Å². The van der Waals surface area contributed by atoms with E-state index in [1.54, 1.807) is 4.90 Å². The number of aryl methyl sites for hydroxylation is 1. The van der Waals surface area contributed by atoms with E-state index in [2.05, 4.69) is 30.4 Å². The maximum absolute atomic E-state index is 13.1. The number of allylic oxidation sites excluding steroid dienone is 2. The molecule has 2 heterocycles. The van der Waals surface area contributed by atoms with Crippen LogP contribution in [0, 0.1) is 18.8 Å². The van der Waals surface area contributed by atoms with Gasteiger partial charge in [0.05, 0.1) is 12.6 Å². The molecular formula is C23H32N4O3. The lowest BCUT2D eigenvalue weighted by Crippen LogP contribution is -2.43. The van der Waals surface area contributed by atoms with Crippen molar-refractivity contribution in [3.05, 3.63) is 47.0 Å². The zero-order valence-corrected chi connectivity index (χ0v) is 18.1. The van der Waals surface area contributed by atoms with Crippen molar-refractivity contribution in [2.24, 2.45) is 17.6 Å². The third-order valence-electron chi connectivity index (χ3n) is 6.17. The molecule has 2 aliphatic rings. The Morgan fingerprint density at radius 3 is 2.53 bits per heavy atom. The largest absolute Gasteiger partial charge is 0.352 e. The van der Waals surface area contributed by atoms with Gasteiger partial charge in [0.15, 0.2) is 0 Å². The smallest absolute Gasteiger partial charge is 0.312 e. The van der Waals surface area contributed by atoms with Gasteiger partial charge >= 0.3 is 6.03 Å². The molecule has 3 atom stereocenters. The predicted molar refractivity (Wildman–Crippen MR) is 115 cm³/mol. The van der Waals surface area contributed by atoms with Crippen molar-refractivity contribution >= 4 is 17.8 Å². The minimum Gasteiger partial charge on any atom is -0.352 e. The normalized spacial score (nSPS) is 22.6. The number of benzene rings is 1. The van der Waals surface area contributed by atoms with E-state index in [-0.39, 0.29) is 36.2 Å². The first-order valence-electron chi connectivity index (χ1n) is 10.6. The standard InChI is InChI=1S/C23H32N4O3/c1-15(2)7-6-10-20(28)27-13-17-12-26(21(29)11-25-23(24)30)14-19(17)22(27)18-9-5-4-8-16(18)3/h4-5,7-9,17,19,22H,6,10-14H2,1-3H3,(H3,24,25,30)/t17-,19-,22+/m0/s1. The number of likely N-dealkylation sites (tertiary alicyclic amines) is 2. The van der Waals surface area contributed by atoms with Gasteiger partial charge in [-0.1, -0.05) is 35.9 Å². The zero-order valence-electron chi connectivity index (χ0n) is 18.1. The van der Waals surface area contributed by atoms with Gasteiger partial charge in [0.1, 0.15) is 0 Å². The second-order valence-electron chi connectivity index (χ2n) is 8.61. The molecule has 0 bridgehead atoms.